The third-order valence-electron chi connectivity index (χ3n) is 3.51. The summed E-state index contributed by atoms with van der Waals surface area (Å²) >= 11 is 6.05. The summed E-state index contributed by atoms with van der Waals surface area (Å²) in [5.41, 5.74) is 3.46. The van der Waals surface area contributed by atoms with Crippen molar-refractivity contribution in [3.05, 3.63) is 70.8 Å². The summed E-state index contributed by atoms with van der Waals surface area (Å²) < 4.78 is 1.57. The van der Waals surface area contributed by atoms with Crippen LogP contribution in [0.2, 0.25) is 5.02 Å². The second-order valence-corrected chi connectivity index (χ2v) is 5.62. The third kappa shape index (κ3) is 3.24. The number of halogens is 1. The van der Waals surface area contributed by atoms with Crippen molar-refractivity contribution in [1.29, 1.82) is 0 Å². The first-order chi connectivity index (χ1) is 11.0. The molecule has 0 bridgehead atoms. The standard InChI is InChI=1S/C17H15ClN4O/c1-11-6-8-13(9-7-11)22-10-19-16(21-22)17(23)20-15-5-3-4-14(18)12(15)2/h3-10H,1-2H3,(H,20,23). The Morgan fingerprint density at radius 3 is 2.61 bits per heavy atom. The van der Waals surface area contributed by atoms with Crippen LogP contribution in [-0.2, 0) is 0 Å². The first-order valence-corrected chi connectivity index (χ1v) is 7.47. The maximum atomic E-state index is 12.3. The van der Waals surface area contributed by atoms with Crippen molar-refractivity contribution in [2.45, 2.75) is 13.8 Å². The van der Waals surface area contributed by atoms with Gasteiger partial charge in [0.2, 0.25) is 5.82 Å². The molecule has 1 heterocycles. The van der Waals surface area contributed by atoms with Crippen LogP contribution in [0.1, 0.15) is 21.7 Å². The zero-order valence-electron chi connectivity index (χ0n) is 12.7. The van der Waals surface area contributed by atoms with Gasteiger partial charge in [-0.1, -0.05) is 35.4 Å². The van der Waals surface area contributed by atoms with Crippen molar-refractivity contribution in [3.63, 3.8) is 0 Å². The molecule has 0 atom stereocenters. The molecule has 0 aliphatic rings. The van der Waals surface area contributed by atoms with Crippen LogP contribution in [0.25, 0.3) is 5.69 Å². The SMILES string of the molecule is Cc1ccc(-n2cnc(C(=O)Nc3cccc(Cl)c3C)n2)cc1. The van der Waals surface area contributed by atoms with Crippen molar-refractivity contribution in [2.24, 2.45) is 0 Å². The molecule has 0 aliphatic heterocycles. The monoisotopic (exact) mass is 326 g/mol. The van der Waals surface area contributed by atoms with Gasteiger partial charge < -0.3 is 5.32 Å². The van der Waals surface area contributed by atoms with Crippen LogP contribution < -0.4 is 5.32 Å². The van der Waals surface area contributed by atoms with E-state index in [0.29, 0.717) is 10.7 Å². The topological polar surface area (TPSA) is 59.8 Å². The fourth-order valence-corrected chi connectivity index (χ4v) is 2.28. The van der Waals surface area contributed by atoms with Gasteiger partial charge in [-0.2, -0.15) is 0 Å². The molecule has 5 nitrogen and oxygen atoms in total. The lowest BCUT2D eigenvalue weighted by molar-refractivity contribution is 0.101. The molecule has 0 unspecified atom stereocenters. The van der Waals surface area contributed by atoms with Crippen LogP contribution in [-0.4, -0.2) is 20.7 Å². The zero-order chi connectivity index (χ0) is 16.4. The van der Waals surface area contributed by atoms with Gasteiger partial charge in [0.25, 0.3) is 5.91 Å². The van der Waals surface area contributed by atoms with Crippen LogP contribution in [0.15, 0.2) is 48.8 Å². The lowest BCUT2D eigenvalue weighted by atomic mass is 10.2. The quantitative estimate of drug-likeness (QED) is 0.796. The molecule has 1 N–H and O–H groups in total. The van der Waals surface area contributed by atoms with E-state index in [1.54, 1.807) is 22.9 Å². The van der Waals surface area contributed by atoms with Crippen molar-refractivity contribution in [1.82, 2.24) is 14.8 Å². The maximum Gasteiger partial charge on any atom is 0.295 e. The average Bonchev–Trinajstić information content (AvgIpc) is 3.02. The van der Waals surface area contributed by atoms with Crippen molar-refractivity contribution < 1.29 is 4.79 Å². The normalized spacial score (nSPS) is 10.6. The molecule has 0 spiro atoms. The molecular formula is C17H15ClN4O. The Bertz CT molecular complexity index is 855. The molecular weight excluding hydrogens is 312 g/mol. The van der Waals surface area contributed by atoms with Gasteiger partial charge in [-0.3, -0.25) is 4.79 Å². The summed E-state index contributed by atoms with van der Waals surface area (Å²) in [5.74, 6) is -0.272. The predicted octanol–water partition coefficient (Wildman–Crippen LogP) is 3.79. The number of aromatic nitrogens is 3. The maximum absolute atomic E-state index is 12.3. The number of anilines is 1. The van der Waals surface area contributed by atoms with Crippen molar-refractivity contribution in [3.8, 4) is 5.69 Å². The van der Waals surface area contributed by atoms with Gasteiger partial charge in [-0.05, 0) is 43.7 Å². The van der Waals surface area contributed by atoms with Gasteiger partial charge in [0.1, 0.15) is 6.33 Å². The van der Waals surface area contributed by atoms with Crippen LogP contribution >= 0.6 is 11.6 Å². The Kier molecular flexibility index (Phi) is 4.12. The number of hydrogen-bond acceptors (Lipinski definition) is 3. The molecule has 3 aromatic rings. The molecule has 0 saturated heterocycles. The largest absolute Gasteiger partial charge is 0.319 e. The fraction of sp³-hybridized carbons (Fsp3) is 0.118. The number of nitrogens with zero attached hydrogens (tertiary/aromatic N) is 3. The van der Waals surface area contributed by atoms with Gasteiger partial charge >= 0.3 is 0 Å². The number of carbonyl (C=O) groups excluding carboxylic acids is 1. The van der Waals surface area contributed by atoms with Crippen LogP contribution in [0.4, 0.5) is 5.69 Å². The number of rotatable bonds is 3. The summed E-state index contributed by atoms with van der Waals surface area (Å²) in [6.45, 7) is 3.85. The number of hydrogen-bond donors (Lipinski definition) is 1. The van der Waals surface area contributed by atoms with E-state index in [1.807, 2.05) is 38.1 Å². The number of benzene rings is 2. The van der Waals surface area contributed by atoms with E-state index in [-0.39, 0.29) is 11.7 Å². The zero-order valence-corrected chi connectivity index (χ0v) is 13.5. The molecule has 0 radical (unpaired) electrons. The Balaban J connectivity index is 1.81. The van der Waals surface area contributed by atoms with Gasteiger partial charge in [0.05, 0.1) is 5.69 Å². The summed E-state index contributed by atoms with van der Waals surface area (Å²) in [7, 11) is 0. The van der Waals surface area contributed by atoms with E-state index >= 15 is 0 Å². The molecule has 0 aliphatic carbocycles. The van der Waals surface area contributed by atoms with Gasteiger partial charge in [0.15, 0.2) is 0 Å². The van der Waals surface area contributed by atoms with Crippen LogP contribution in [0.5, 0.6) is 0 Å². The lowest BCUT2D eigenvalue weighted by Gasteiger charge is -2.07. The first kappa shape index (κ1) is 15.2. The van der Waals surface area contributed by atoms with E-state index in [2.05, 4.69) is 15.4 Å². The second-order valence-electron chi connectivity index (χ2n) is 5.21. The fourth-order valence-electron chi connectivity index (χ4n) is 2.11. The van der Waals surface area contributed by atoms with Gasteiger partial charge in [-0.25, -0.2) is 9.67 Å². The highest BCUT2D eigenvalue weighted by atomic mass is 35.5. The highest BCUT2D eigenvalue weighted by molar-refractivity contribution is 6.31. The van der Waals surface area contributed by atoms with E-state index < -0.39 is 0 Å². The summed E-state index contributed by atoms with van der Waals surface area (Å²) in [5, 5.41) is 7.60. The molecule has 23 heavy (non-hydrogen) atoms. The van der Waals surface area contributed by atoms with Gasteiger partial charge in [-0.15, -0.1) is 5.10 Å². The molecule has 0 saturated carbocycles. The van der Waals surface area contributed by atoms with Crippen LogP contribution in [0, 0.1) is 13.8 Å². The minimum atomic E-state index is -0.374. The average molecular weight is 327 g/mol. The number of carbonyl (C=O) groups is 1. The molecule has 2 aromatic carbocycles. The minimum absolute atomic E-state index is 0.102. The molecule has 116 valence electrons. The highest BCUT2D eigenvalue weighted by Gasteiger charge is 2.14. The summed E-state index contributed by atoms with van der Waals surface area (Å²) in [6.07, 6.45) is 1.52. The Hall–Kier alpha value is -2.66. The second kappa shape index (κ2) is 6.22. The minimum Gasteiger partial charge on any atom is -0.319 e. The predicted molar refractivity (Wildman–Crippen MR) is 90.2 cm³/mol. The smallest absolute Gasteiger partial charge is 0.295 e. The van der Waals surface area contributed by atoms with Crippen LogP contribution in [0.3, 0.4) is 0 Å². The van der Waals surface area contributed by atoms with E-state index in [1.165, 1.54) is 6.33 Å². The molecule has 1 amide bonds. The number of nitrogens with one attached hydrogen (secondary N) is 1. The molecule has 1 aromatic heterocycles. The lowest BCUT2D eigenvalue weighted by Crippen LogP contribution is -2.15. The van der Waals surface area contributed by atoms with E-state index in [4.69, 9.17) is 11.6 Å². The Labute approximate surface area is 138 Å². The molecule has 6 heteroatoms. The van der Waals surface area contributed by atoms with Crippen molar-refractivity contribution in [2.75, 3.05) is 5.32 Å². The summed E-state index contributed by atoms with van der Waals surface area (Å²) in [6, 6.07) is 13.1. The number of amides is 1. The van der Waals surface area contributed by atoms with Gasteiger partial charge in [0, 0.05) is 10.7 Å². The number of aryl methyl sites for hydroxylation is 1. The molecule has 0 fully saturated rings. The van der Waals surface area contributed by atoms with Crippen molar-refractivity contribution >= 4 is 23.2 Å². The Morgan fingerprint density at radius 1 is 1.13 bits per heavy atom. The first-order valence-electron chi connectivity index (χ1n) is 7.10. The highest BCUT2D eigenvalue weighted by Crippen LogP contribution is 2.23. The summed E-state index contributed by atoms with van der Waals surface area (Å²) in [4.78, 5) is 16.4. The van der Waals surface area contributed by atoms with E-state index in [0.717, 1.165) is 16.8 Å². The molecule has 3 rings (SSSR count). The Morgan fingerprint density at radius 2 is 1.87 bits per heavy atom. The van der Waals surface area contributed by atoms with E-state index in [9.17, 15) is 4.79 Å². The third-order valence-corrected chi connectivity index (χ3v) is 3.92.